The number of benzene rings is 1. The molecule has 3 heterocycles. The molecule has 0 spiro atoms. The second-order valence-corrected chi connectivity index (χ2v) is 8.70. The second kappa shape index (κ2) is 8.04. The van der Waals surface area contributed by atoms with E-state index in [1.807, 2.05) is 18.2 Å². The first-order valence-corrected chi connectivity index (χ1v) is 11.0. The van der Waals surface area contributed by atoms with Crippen molar-refractivity contribution in [1.82, 2.24) is 15.1 Å². The SMILES string of the molecule is C=C1CCC(N2Cc3cc(O[C@H]4CCC[C@@H]4N4CCOCC4)ccc3C2=O)C(=O)N1. The topological polar surface area (TPSA) is 71.1 Å². The Morgan fingerprint density at radius 3 is 2.77 bits per heavy atom. The molecule has 1 aliphatic carbocycles. The van der Waals surface area contributed by atoms with Gasteiger partial charge in [-0.3, -0.25) is 14.5 Å². The van der Waals surface area contributed by atoms with E-state index < -0.39 is 6.04 Å². The summed E-state index contributed by atoms with van der Waals surface area (Å²) in [4.78, 5) is 29.4. The van der Waals surface area contributed by atoms with Gasteiger partial charge in [0.05, 0.1) is 13.2 Å². The Morgan fingerprint density at radius 2 is 1.97 bits per heavy atom. The van der Waals surface area contributed by atoms with E-state index in [2.05, 4.69) is 16.8 Å². The van der Waals surface area contributed by atoms with Crippen LogP contribution in [0.15, 0.2) is 30.5 Å². The third kappa shape index (κ3) is 3.61. The summed E-state index contributed by atoms with van der Waals surface area (Å²) in [5, 5.41) is 2.78. The van der Waals surface area contributed by atoms with Crippen LogP contribution < -0.4 is 10.1 Å². The Bertz CT molecular complexity index is 864. The van der Waals surface area contributed by atoms with Gasteiger partial charge < -0.3 is 19.7 Å². The predicted octanol–water partition coefficient (Wildman–Crippen LogP) is 2.07. The smallest absolute Gasteiger partial charge is 0.255 e. The number of amides is 2. The Kier molecular flexibility index (Phi) is 5.25. The van der Waals surface area contributed by atoms with E-state index in [1.54, 1.807) is 4.90 Å². The van der Waals surface area contributed by atoms with E-state index in [0.29, 0.717) is 31.0 Å². The highest BCUT2D eigenvalue weighted by atomic mass is 16.5. The predicted molar refractivity (Wildman–Crippen MR) is 111 cm³/mol. The first-order chi connectivity index (χ1) is 14.6. The van der Waals surface area contributed by atoms with Crippen LogP contribution in [0.5, 0.6) is 5.75 Å². The minimum absolute atomic E-state index is 0.0729. The van der Waals surface area contributed by atoms with E-state index in [0.717, 1.165) is 56.2 Å². The summed E-state index contributed by atoms with van der Waals surface area (Å²) in [6, 6.07) is 5.74. The molecule has 3 aliphatic heterocycles. The zero-order valence-electron chi connectivity index (χ0n) is 17.3. The van der Waals surface area contributed by atoms with Crippen LogP contribution in [-0.4, -0.2) is 66.1 Å². The molecule has 4 aliphatic rings. The van der Waals surface area contributed by atoms with Gasteiger partial charge in [-0.1, -0.05) is 6.58 Å². The number of fused-ring (bicyclic) bond motifs is 1. The highest BCUT2D eigenvalue weighted by Crippen LogP contribution is 2.33. The highest BCUT2D eigenvalue weighted by Gasteiger charge is 2.39. The van der Waals surface area contributed by atoms with Gasteiger partial charge >= 0.3 is 0 Å². The van der Waals surface area contributed by atoms with E-state index >= 15 is 0 Å². The largest absolute Gasteiger partial charge is 0.489 e. The lowest BCUT2D eigenvalue weighted by Crippen LogP contribution is -2.49. The molecule has 1 aromatic carbocycles. The number of rotatable bonds is 4. The maximum absolute atomic E-state index is 12.9. The Hall–Kier alpha value is -2.38. The first-order valence-electron chi connectivity index (χ1n) is 11.0. The average Bonchev–Trinajstić information content (AvgIpc) is 3.33. The molecule has 3 fully saturated rings. The molecule has 1 N–H and O–H groups in total. The summed E-state index contributed by atoms with van der Waals surface area (Å²) in [7, 11) is 0. The molecule has 0 aromatic heterocycles. The van der Waals surface area contributed by atoms with Crippen molar-refractivity contribution in [2.24, 2.45) is 0 Å². The summed E-state index contributed by atoms with van der Waals surface area (Å²) in [5.41, 5.74) is 2.34. The van der Waals surface area contributed by atoms with Crippen LogP contribution in [0.25, 0.3) is 0 Å². The van der Waals surface area contributed by atoms with Crippen LogP contribution >= 0.6 is 0 Å². The van der Waals surface area contributed by atoms with Crippen molar-refractivity contribution in [2.45, 2.75) is 56.8 Å². The molecule has 2 amide bonds. The number of hydrogen-bond donors (Lipinski definition) is 1. The summed E-state index contributed by atoms with van der Waals surface area (Å²) in [5.74, 6) is 0.606. The molecule has 5 rings (SSSR count). The Morgan fingerprint density at radius 1 is 1.13 bits per heavy atom. The van der Waals surface area contributed by atoms with Crippen molar-refractivity contribution in [1.29, 1.82) is 0 Å². The molecule has 30 heavy (non-hydrogen) atoms. The van der Waals surface area contributed by atoms with Gasteiger partial charge in [-0.15, -0.1) is 0 Å². The standard InChI is InChI=1S/C23H29N3O4/c1-15-5-8-20(22(27)24-15)26-14-16-13-17(6-7-18(16)23(26)28)30-21-4-2-3-19(21)25-9-11-29-12-10-25/h6-7,13,19-21H,1-5,8-12,14H2,(H,24,27)/t19-,20?,21-/m0/s1. The van der Waals surface area contributed by atoms with Gasteiger partial charge in [0.2, 0.25) is 5.91 Å². The van der Waals surface area contributed by atoms with Gasteiger partial charge in [0.15, 0.2) is 0 Å². The number of nitrogens with one attached hydrogen (secondary N) is 1. The molecule has 7 nitrogen and oxygen atoms in total. The minimum Gasteiger partial charge on any atom is -0.489 e. The lowest BCUT2D eigenvalue weighted by Gasteiger charge is -2.35. The molecule has 7 heteroatoms. The van der Waals surface area contributed by atoms with Gasteiger partial charge in [0, 0.05) is 36.9 Å². The monoisotopic (exact) mass is 411 g/mol. The number of carbonyl (C=O) groups excluding carboxylic acids is 2. The van der Waals surface area contributed by atoms with E-state index in [1.165, 1.54) is 6.42 Å². The maximum atomic E-state index is 12.9. The fraction of sp³-hybridized carbons (Fsp3) is 0.565. The highest BCUT2D eigenvalue weighted by molar-refractivity contribution is 6.01. The molecular formula is C23H29N3O4. The zero-order valence-corrected chi connectivity index (χ0v) is 17.3. The van der Waals surface area contributed by atoms with E-state index in [4.69, 9.17) is 9.47 Å². The van der Waals surface area contributed by atoms with Crippen LogP contribution in [0.1, 0.15) is 48.0 Å². The molecule has 160 valence electrons. The first kappa shape index (κ1) is 19.6. The number of allylic oxidation sites excluding steroid dienone is 1. The van der Waals surface area contributed by atoms with Crippen LogP contribution in [0.2, 0.25) is 0 Å². The van der Waals surface area contributed by atoms with Crippen LogP contribution in [-0.2, 0) is 16.1 Å². The number of morpholine rings is 1. The van der Waals surface area contributed by atoms with Crippen molar-refractivity contribution >= 4 is 11.8 Å². The molecule has 1 aromatic rings. The molecule has 2 saturated heterocycles. The third-order valence-electron chi connectivity index (χ3n) is 6.83. The third-order valence-corrected chi connectivity index (χ3v) is 6.83. The fourth-order valence-electron chi connectivity index (χ4n) is 5.25. The summed E-state index contributed by atoms with van der Waals surface area (Å²) < 4.78 is 11.9. The molecule has 0 bridgehead atoms. The number of piperidine rings is 1. The number of hydrogen-bond acceptors (Lipinski definition) is 5. The van der Waals surface area contributed by atoms with Crippen LogP contribution in [0.4, 0.5) is 0 Å². The van der Waals surface area contributed by atoms with E-state index in [-0.39, 0.29) is 17.9 Å². The summed E-state index contributed by atoms with van der Waals surface area (Å²) >= 11 is 0. The van der Waals surface area contributed by atoms with Gasteiger partial charge in [-0.2, -0.15) is 0 Å². The van der Waals surface area contributed by atoms with Crippen molar-refractivity contribution in [3.63, 3.8) is 0 Å². The zero-order chi connectivity index (χ0) is 20.7. The fourth-order valence-corrected chi connectivity index (χ4v) is 5.25. The summed E-state index contributed by atoms with van der Waals surface area (Å²) in [6.07, 6.45) is 4.88. The molecule has 1 unspecified atom stereocenters. The average molecular weight is 412 g/mol. The number of ether oxygens (including phenoxy) is 2. The van der Waals surface area contributed by atoms with Gasteiger partial charge in [0.25, 0.3) is 5.91 Å². The lowest BCUT2D eigenvalue weighted by atomic mass is 10.0. The quantitative estimate of drug-likeness (QED) is 0.821. The van der Waals surface area contributed by atoms with Crippen molar-refractivity contribution in [2.75, 3.05) is 26.3 Å². The lowest BCUT2D eigenvalue weighted by molar-refractivity contribution is -0.126. The Labute approximate surface area is 177 Å². The van der Waals surface area contributed by atoms with Crippen molar-refractivity contribution < 1.29 is 19.1 Å². The van der Waals surface area contributed by atoms with E-state index in [9.17, 15) is 9.59 Å². The second-order valence-electron chi connectivity index (χ2n) is 8.70. The van der Waals surface area contributed by atoms with Crippen molar-refractivity contribution in [3.05, 3.63) is 41.6 Å². The molecule has 0 radical (unpaired) electrons. The molecule has 3 atom stereocenters. The minimum atomic E-state index is -0.430. The van der Waals surface area contributed by atoms with Gasteiger partial charge in [-0.25, -0.2) is 0 Å². The number of carbonyl (C=O) groups is 2. The normalized spacial score (nSPS) is 29.8. The number of nitrogens with zero attached hydrogens (tertiary/aromatic N) is 2. The molecular weight excluding hydrogens is 382 g/mol. The van der Waals surface area contributed by atoms with Gasteiger partial charge in [0.1, 0.15) is 17.9 Å². The summed E-state index contributed by atoms with van der Waals surface area (Å²) in [6.45, 7) is 7.79. The van der Waals surface area contributed by atoms with Crippen LogP contribution in [0.3, 0.4) is 0 Å². The van der Waals surface area contributed by atoms with Crippen molar-refractivity contribution in [3.8, 4) is 5.75 Å². The van der Waals surface area contributed by atoms with Crippen LogP contribution in [0, 0.1) is 0 Å². The maximum Gasteiger partial charge on any atom is 0.255 e. The molecule has 1 saturated carbocycles. The van der Waals surface area contributed by atoms with Gasteiger partial charge in [-0.05, 0) is 55.9 Å². The Balaban J connectivity index is 1.28.